The van der Waals surface area contributed by atoms with Gasteiger partial charge in [-0.1, -0.05) is 50.2 Å². The van der Waals surface area contributed by atoms with E-state index >= 15 is 0 Å². The lowest BCUT2D eigenvalue weighted by Crippen LogP contribution is -2.33. The Bertz CT molecular complexity index is 1610. The molecule has 4 aromatic rings. The lowest BCUT2D eigenvalue weighted by molar-refractivity contribution is -0.113. The van der Waals surface area contributed by atoms with Crippen molar-refractivity contribution in [1.29, 1.82) is 0 Å². The summed E-state index contributed by atoms with van der Waals surface area (Å²) in [6, 6.07) is 14.4. The van der Waals surface area contributed by atoms with E-state index in [-0.39, 0.29) is 34.5 Å². The molecule has 0 unspecified atom stereocenters. The number of hydrogen-bond donors (Lipinski definition) is 0. The third kappa shape index (κ3) is 5.02. The molecule has 0 N–H and O–H groups in total. The number of benzene rings is 1. The van der Waals surface area contributed by atoms with E-state index in [4.69, 9.17) is 9.72 Å². The summed E-state index contributed by atoms with van der Waals surface area (Å²) in [6.45, 7) is 8.07. The SMILES string of the molecule is CCOC(=O)c1cc2c(=O)n3cccc(C)c3nc2n(CC(C)C)c1=NC(=O)/C=C\c1ccccc1. The maximum atomic E-state index is 13.5. The van der Waals surface area contributed by atoms with E-state index in [0.29, 0.717) is 17.8 Å². The van der Waals surface area contributed by atoms with Crippen LogP contribution in [0.25, 0.3) is 22.8 Å². The van der Waals surface area contributed by atoms with Crippen molar-refractivity contribution in [2.45, 2.75) is 34.2 Å². The fourth-order valence-corrected chi connectivity index (χ4v) is 3.98. The molecule has 3 heterocycles. The number of carbonyl (C=O) groups excluding carboxylic acids is 2. The lowest BCUT2D eigenvalue weighted by Gasteiger charge is -2.17. The van der Waals surface area contributed by atoms with Crippen LogP contribution in [0.3, 0.4) is 0 Å². The number of hydrogen-bond acceptors (Lipinski definition) is 5. The molecule has 36 heavy (non-hydrogen) atoms. The summed E-state index contributed by atoms with van der Waals surface area (Å²) in [5, 5.41) is 0.244. The number of carbonyl (C=O) groups is 2. The van der Waals surface area contributed by atoms with Gasteiger partial charge < -0.3 is 9.30 Å². The van der Waals surface area contributed by atoms with E-state index in [1.54, 1.807) is 29.8 Å². The Morgan fingerprint density at radius 2 is 1.86 bits per heavy atom. The fraction of sp³-hybridized carbons (Fsp3) is 0.250. The minimum atomic E-state index is -0.663. The smallest absolute Gasteiger partial charge is 0.341 e. The van der Waals surface area contributed by atoms with Gasteiger partial charge in [-0.2, -0.15) is 4.99 Å². The first kappa shape index (κ1) is 24.8. The van der Waals surface area contributed by atoms with Crippen LogP contribution in [-0.2, 0) is 16.1 Å². The Morgan fingerprint density at radius 3 is 2.56 bits per heavy atom. The molecular weight excluding hydrogens is 456 g/mol. The largest absolute Gasteiger partial charge is 0.462 e. The number of fused-ring (bicyclic) bond motifs is 2. The number of esters is 1. The van der Waals surface area contributed by atoms with Crippen molar-refractivity contribution in [3.63, 3.8) is 0 Å². The van der Waals surface area contributed by atoms with E-state index in [2.05, 4.69) is 4.99 Å². The van der Waals surface area contributed by atoms with E-state index < -0.39 is 11.9 Å². The molecule has 0 fully saturated rings. The predicted octanol–water partition coefficient (Wildman–Crippen LogP) is 3.93. The number of aromatic nitrogens is 3. The van der Waals surface area contributed by atoms with Crippen molar-refractivity contribution >= 4 is 34.6 Å². The number of pyridine rings is 2. The average molecular weight is 485 g/mol. The molecule has 1 aromatic carbocycles. The van der Waals surface area contributed by atoms with Crippen LogP contribution in [0, 0.1) is 12.8 Å². The molecule has 184 valence electrons. The molecular formula is C28H28N4O4. The first-order valence-electron chi connectivity index (χ1n) is 11.8. The number of rotatable bonds is 6. The van der Waals surface area contributed by atoms with Gasteiger partial charge in [-0.25, -0.2) is 9.78 Å². The van der Waals surface area contributed by atoms with Gasteiger partial charge in [-0.3, -0.25) is 14.0 Å². The topological polar surface area (TPSA) is 95.0 Å². The second-order valence-electron chi connectivity index (χ2n) is 8.84. The molecule has 0 atom stereocenters. The summed E-state index contributed by atoms with van der Waals surface area (Å²) in [7, 11) is 0. The highest BCUT2D eigenvalue weighted by Gasteiger charge is 2.20. The lowest BCUT2D eigenvalue weighted by atomic mass is 10.1. The molecule has 8 heteroatoms. The number of amides is 1. The van der Waals surface area contributed by atoms with Crippen LogP contribution in [0.4, 0.5) is 0 Å². The maximum absolute atomic E-state index is 13.5. The second-order valence-corrected chi connectivity index (χ2v) is 8.84. The molecule has 0 bridgehead atoms. The van der Waals surface area contributed by atoms with E-state index in [0.717, 1.165) is 11.1 Å². The maximum Gasteiger partial charge on any atom is 0.341 e. The van der Waals surface area contributed by atoms with Gasteiger partial charge in [0, 0.05) is 18.8 Å². The van der Waals surface area contributed by atoms with Gasteiger partial charge in [0.15, 0.2) is 5.49 Å². The van der Waals surface area contributed by atoms with E-state index in [1.165, 1.54) is 16.5 Å². The highest BCUT2D eigenvalue weighted by molar-refractivity contribution is 5.96. The van der Waals surface area contributed by atoms with Crippen LogP contribution in [-0.4, -0.2) is 32.4 Å². The molecule has 0 aliphatic heterocycles. The van der Waals surface area contributed by atoms with Crippen molar-refractivity contribution in [3.05, 3.63) is 93.3 Å². The van der Waals surface area contributed by atoms with Gasteiger partial charge >= 0.3 is 5.97 Å². The summed E-state index contributed by atoms with van der Waals surface area (Å²) in [6.07, 6.45) is 4.65. The van der Waals surface area contributed by atoms with Crippen molar-refractivity contribution in [3.8, 4) is 0 Å². The van der Waals surface area contributed by atoms with Crippen LogP contribution in [0.5, 0.6) is 0 Å². The summed E-state index contributed by atoms with van der Waals surface area (Å²) in [5.41, 5.74) is 2.36. The van der Waals surface area contributed by atoms with Gasteiger partial charge in [-0.15, -0.1) is 0 Å². The van der Waals surface area contributed by atoms with Gasteiger partial charge in [0.25, 0.3) is 11.5 Å². The summed E-state index contributed by atoms with van der Waals surface area (Å²) in [4.78, 5) is 48.4. The highest BCUT2D eigenvalue weighted by atomic mass is 16.5. The quantitative estimate of drug-likeness (QED) is 0.235. The molecule has 3 aromatic heterocycles. The standard InChI is InChI=1S/C28H28N4O4/c1-5-36-28(35)22-16-21-25(30-24-19(4)10-9-15-31(24)27(21)34)32(17-18(2)3)26(22)29-23(33)14-13-20-11-7-6-8-12-20/h6-16,18H,5,17H2,1-4H3/b14-13-,29-26?. The molecule has 0 saturated heterocycles. The van der Waals surface area contributed by atoms with Crippen molar-refractivity contribution in [2.24, 2.45) is 10.9 Å². The highest BCUT2D eigenvalue weighted by Crippen LogP contribution is 2.15. The monoisotopic (exact) mass is 484 g/mol. The Labute approximate surface area is 208 Å². The fourth-order valence-electron chi connectivity index (χ4n) is 3.98. The van der Waals surface area contributed by atoms with Crippen LogP contribution < -0.4 is 11.0 Å². The molecule has 0 saturated carbocycles. The van der Waals surface area contributed by atoms with Gasteiger partial charge in [0.2, 0.25) is 0 Å². The van der Waals surface area contributed by atoms with Gasteiger partial charge in [0.05, 0.1) is 12.0 Å². The minimum Gasteiger partial charge on any atom is -0.462 e. The molecule has 8 nitrogen and oxygen atoms in total. The van der Waals surface area contributed by atoms with Crippen molar-refractivity contribution in [2.75, 3.05) is 6.61 Å². The Balaban J connectivity index is 2.06. The Kier molecular flexibility index (Phi) is 7.24. The Morgan fingerprint density at radius 1 is 1.11 bits per heavy atom. The zero-order chi connectivity index (χ0) is 25.8. The predicted molar refractivity (Wildman–Crippen MR) is 139 cm³/mol. The normalized spacial score (nSPS) is 12.2. The van der Waals surface area contributed by atoms with Gasteiger partial charge in [-0.05, 0) is 49.1 Å². The number of ether oxygens (including phenoxy) is 1. The zero-order valence-corrected chi connectivity index (χ0v) is 20.8. The third-order valence-electron chi connectivity index (χ3n) is 5.58. The van der Waals surface area contributed by atoms with Crippen molar-refractivity contribution < 1.29 is 14.3 Å². The van der Waals surface area contributed by atoms with Crippen LogP contribution in [0.15, 0.2) is 70.6 Å². The first-order valence-corrected chi connectivity index (χ1v) is 11.8. The molecule has 4 rings (SSSR count). The number of aryl methyl sites for hydroxylation is 1. The molecule has 0 aliphatic carbocycles. The number of nitrogens with zero attached hydrogens (tertiary/aromatic N) is 4. The molecule has 0 radical (unpaired) electrons. The Hall–Kier alpha value is -4.33. The van der Waals surface area contributed by atoms with Crippen LogP contribution in [0.1, 0.15) is 42.3 Å². The zero-order valence-electron chi connectivity index (χ0n) is 20.8. The van der Waals surface area contributed by atoms with Crippen molar-refractivity contribution in [1.82, 2.24) is 14.0 Å². The second kappa shape index (κ2) is 10.5. The average Bonchev–Trinajstić information content (AvgIpc) is 2.85. The van der Waals surface area contributed by atoms with Crippen LogP contribution >= 0.6 is 0 Å². The van der Waals surface area contributed by atoms with E-state index in [9.17, 15) is 14.4 Å². The summed E-state index contributed by atoms with van der Waals surface area (Å²) in [5.74, 6) is -1.10. The summed E-state index contributed by atoms with van der Waals surface area (Å²) < 4.78 is 8.39. The third-order valence-corrected chi connectivity index (χ3v) is 5.58. The van der Waals surface area contributed by atoms with E-state index in [1.807, 2.05) is 57.2 Å². The summed E-state index contributed by atoms with van der Waals surface area (Å²) >= 11 is 0. The van der Waals surface area contributed by atoms with Crippen LogP contribution in [0.2, 0.25) is 0 Å². The molecule has 1 amide bonds. The molecule has 0 aliphatic rings. The minimum absolute atomic E-state index is 0.0398. The van der Waals surface area contributed by atoms with Gasteiger partial charge in [0.1, 0.15) is 16.9 Å². The first-order chi connectivity index (χ1) is 17.3. The molecule has 0 spiro atoms.